The van der Waals surface area contributed by atoms with Crippen LogP contribution in [0.15, 0.2) is 18.2 Å². The van der Waals surface area contributed by atoms with Gasteiger partial charge in [-0.1, -0.05) is 84.0 Å². The van der Waals surface area contributed by atoms with Gasteiger partial charge in [-0.15, -0.1) is 8.78 Å². The van der Waals surface area contributed by atoms with Crippen LogP contribution in [-0.2, 0) is 0 Å². The number of rotatable bonds is 36. The molecule has 0 aliphatic rings. The van der Waals surface area contributed by atoms with Gasteiger partial charge in [0.15, 0.2) is 34.8 Å². The molecule has 0 saturated carbocycles. The van der Waals surface area contributed by atoms with E-state index in [0.29, 0.717) is 18.2 Å². The second-order valence-corrected chi connectivity index (χ2v) is 19.6. The van der Waals surface area contributed by atoms with Crippen molar-refractivity contribution in [3.63, 3.8) is 0 Å². The van der Waals surface area contributed by atoms with Crippen LogP contribution in [0.25, 0.3) is 0 Å². The number of quaternary nitrogens is 1. The standard InChI is InChI=1S/C36H52BF24.C11H10F7N/c38-25(17-9-1-5-13-21-29(42,43)44)33(54,55)37(34(56,57)26(39)18-10-2-6-14-22-30(45,46)47,35(58,59)27(40)19-11-3-7-15-23-31(48,49)50)36(60,61)28(41)20-12-4-8-16-24-32(51,52)53;1-2-5-19(11(17,18)10(14,15)16)9-6-7(12)3-4-8(9)13/h25-28H,1-24H2;3-4,6H,2,5H2,1H3/q-1;/p+1. The van der Waals surface area contributed by atoms with Crippen LogP contribution in [-0.4, -0.2) is 97.6 Å². The van der Waals surface area contributed by atoms with Gasteiger partial charge in [-0.25, -0.2) is 66.4 Å². The Balaban J connectivity index is 0.00000274. The molecule has 0 heterocycles. The van der Waals surface area contributed by atoms with Crippen molar-refractivity contribution in [3.05, 3.63) is 29.8 Å². The summed E-state index contributed by atoms with van der Waals surface area (Å²) in [4.78, 5) is -1.46. The van der Waals surface area contributed by atoms with Gasteiger partial charge < -0.3 is 0 Å². The van der Waals surface area contributed by atoms with Gasteiger partial charge in [-0.05, 0) is 69.9 Å². The smallest absolute Gasteiger partial charge is 0.248 e. The maximum absolute atomic E-state index is 16.5. The van der Waals surface area contributed by atoms with Crippen molar-refractivity contribution in [2.75, 3.05) is 6.54 Å². The summed E-state index contributed by atoms with van der Waals surface area (Å²) in [5.41, 5.74) is -1.04. The molecule has 0 aliphatic carbocycles. The average molecular weight is 1240 g/mol. The predicted octanol–water partition coefficient (Wildman–Crippen LogP) is 20.1. The van der Waals surface area contributed by atoms with Gasteiger partial charge in [0.1, 0.15) is 30.5 Å². The maximum atomic E-state index is 16.5. The minimum atomic E-state index is -8.43. The lowest BCUT2D eigenvalue weighted by molar-refractivity contribution is -0.950. The molecule has 0 bridgehead atoms. The largest absolute Gasteiger partial charge is 0.515 e. The van der Waals surface area contributed by atoms with Crippen LogP contribution in [0.3, 0.4) is 0 Å². The van der Waals surface area contributed by atoms with Crippen LogP contribution in [0, 0.1) is 11.6 Å². The highest BCUT2D eigenvalue weighted by atomic mass is 19.4. The van der Waals surface area contributed by atoms with Gasteiger partial charge in [0.25, 0.3) is 0 Å². The molecule has 1 aromatic carbocycles. The molecule has 1 rings (SSSR count). The summed E-state index contributed by atoms with van der Waals surface area (Å²) in [6.07, 6.45) is -77.6. The number of unbranched alkanes of at least 4 members (excludes halogenated alkanes) is 12. The second-order valence-electron chi connectivity index (χ2n) is 19.6. The molecule has 0 amide bonds. The van der Waals surface area contributed by atoms with Gasteiger partial charge in [-0.3, -0.25) is 0 Å². The molecule has 80 heavy (non-hydrogen) atoms. The Morgan fingerprint density at radius 2 is 0.625 bits per heavy atom. The Labute approximate surface area is 441 Å². The van der Waals surface area contributed by atoms with Crippen LogP contribution >= 0.6 is 0 Å². The summed E-state index contributed by atoms with van der Waals surface area (Å²) in [6.45, 7) is 0.677. The minimum absolute atomic E-state index is 0.0586. The fraction of sp³-hybridized carbons (Fsp3) is 0.872. The van der Waals surface area contributed by atoms with Crippen LogP contribution in [0.4, 0.5) is 142 Å². The zero-order valence-corrected chi connectivity index (χ0v) is 42.7. The maximum Gasteiger partial charge on any atom is 0.515 e. The first-order chi connectivity index (χ1) is 36.1. The molecule has 476 valence electrons. The molecular weight excluding hydrogens is 1180 g/mol. The highest BCUT2D eigenvalue weighted by Gasteiger charge is 2.89. The Kier molecular flexibility index (Phi) is 30.7. The van der Waals surface area contributed by atoms with Crippen molar-refractivity contribution in [1.29, 1.82) is 0 Å². The summed E-state index contributed by atoms with van der Waals surface area (Å²) in [5, 5.41) is 0. The summed E-state index contributed by atoms with van der Waals surface area (Å²) in [7, 11) is 0. The van der Waals surface area contributed by atoms with Crippen molar-refractivity contribution in [2.45, 2.75) is 252 Å². The van der Waals surface area contributed by atoms with Crippen LogP contribution < -0.4 is 4.90 Å². The molecule has 0 spiro atoms. The molecule has 33 heteroatoms. The van der Waals surface area contributed by atoms with Gasteiger partial charge in [-0.2, -0.15) is 65.9 Å². The Bertz CT molecular complexity index is 1680. The van der Waals surface area contributed by atoms with Crippen LogP contribution in [0.2, 0.25) is 0 Å². The number of benzene rings is 1. The monoisotopic (exact) mass is 1240 g/mol. The molecule has 0 fully saturated rings. The normalized spacial score (nSPS) is 16.6. The molecular formula is C47H63BF31N. The van der Waals surface area contributed by atoms with Crippen molar-refractivity contribution in [3.8, 4) is 0 Å². The fourth-order valence-electron chi connectivity index (χ4n) is 9.02. The third-order valence-corrected chi connectivity index (χ3v) is 13.1. The lowest BCUT2D eigenvalue weighted by atomic mass is 9.09. The zero-order chi connectivity index (χ0) is 62.6. The second kappa shape index (κ2) is 31.8. The first-order valence-electron chi connectivity index (χ1n) is 25.4. The number of hydrogen-bond acceptors (Lipinski definition) is 0. The number of hydrogen-bond donors (Lipinski definition) is 1. The lowest BCUT2D eigenvalue weighted by Crippen LogP contribution is -3.16. The Morgan fingerprint density at radius 1 is 0.375 bits per heavy atom. The quantitative estimate of drug-likeness (QED) is 0.0296. The van der Waals surface area contributed by atoms with Crippen molar-refractivity contribution in [2.24, 2.45) is 0 Å². The first kappa shape index (κ1) is 77.1. The number of alkyl halides is 29. The van der Waals surface area contributed by atoms with Gasteiger partial charge in [0, 0.05) is 31.7 Å². The third kappa shape index (κ3) is 23.6. The Morgan fingerprint density at radius 3 is 0.850 bits per heavy atom. The molecule has 1 nitrogen and oxygen atoms in total. The molecule has 0 saturated heterocycles. The van der Waals surface area contributed by atoms with E-state index in [4.69, 9.17) is 0 Å². The van der Waals surface area contributed by atoms with Crippen LogP contribution in [0.5, 0.6) is 0 Å². The van der Waals surface area contributed by atoms with Crippen LogP contribution in [0.1, 0.15) is 167 Å². The van der Waals surface area contributed by atoms with E-state index < -0.39 is 274 Å². The van der Waals surface area contributed by atoms with E-state index in [1.54, 1.807) is 0 Å². The topological polar surface area (TPSA) is 4.44 Å². The summed E-state index contributed by atoms with van der Waals surface area (Å²) >= 11 is 0. The van der Waals surface area contributed by atoms with Crippen molar-refractivity contribution < 1.29 is 141 Å². The summed E-state index contributed by atoms with van der Waals surface area (Å²) in [6, 6.07) is -3.68. The zero-order valence-electron chi connectivity index (χ0n) is 42.7. The predicted molar refractivity (Wildman–Crippen MR) is 233 cm³/mol. The van der Waals surface area contributed by atoms with E-state index in [1.165, 1.54) is 6.92 Å². The molecule has 1 aromatic rings. The summed E-state index contributed by atoms with van der Waals surface area (Å²) in [5.74, 6) is -30.3. The lowest BCUT2D eigenvalue weighted by Gasteiger charge is -2.60. The fourth-order valence-corrected chi connectivity index (χ4v) is 9.02. The minimum Gasteiger partial charge on any atom is -0.248 e. The average Bonchev–Trinajstić information content (AvgIpc) is 3.28. The number of halogens is 31. The van der Waals surface area contributed by atoms with E-state index in [0.717, 1.165) is 0 Å². The van der Waals surface area contributed by atoms with E-state index in [2.05, 4.69) is 0 Å². The molecule has 0 radical (unpaired) electrons. The van der Waals surface area contributed by atoms with Gasteiger partial charge in [0.2, 0.25) is 0 Å². The Hall–Kier alpha value is -2.93. The van der Waals surface area contributed by atoms with Crippen molar-refractivity contribution >= 4 is 11.8 Å². The highest BCUT2D eigenvalue weighted by Crippen LogP contribution is 2.62. The van der Waals surface area contributed by atoms with Crippen molar-refractivity contribution in [1.82, 2.24) is 0 Å². The van der Waals surface area contributed by atoms with E-state index in [1.807, 2.05) is 0 Å². The summed E-state index contributed by atoms with van der Waals surface area (Å²) < 4.78 is 434. The first-order valence-corrected chi connectivity index (χ1v) is 25.4. The SMILES string of the molecule is CCC[NH+](c1cc(F)ccc1F)C(F)(F)C(F)(F)F.FC(CCCCCCC(F)(F)F)C(F)(F)[B-](C(F)(F)C(F)CCCCCCC(F)(F)F)(C(F)(F)C(F)CCCCCCC(F)(F)F)C(F)(F)C(F)CCCCCCC(F)(F)F. The highest BCUT2D eigenvalue weighted by molar-refractivity contribution is 6.89. The molecule has 0 aromatic heterocycles. The number of nitrogens with one attached hydrogen (secondary N) is 1. The van der Waals surface area contributed by atoms with E-state index >= 15 is 52.7 Å². The molecule has 5 unspecified atom stereocenters. The molecule has 1 N–H and O–H groups in total. The van der Waals surface area contributed by atoms with Gasteiger partial charge in [0.05, 0.1) is 6.54 Å². The van der Waals surface area contributed by atoms with Gasteiger partial charge >= 0.3 is 43.1 Å². The third-order valence-electron chi connectivity index (χ3n) is 13.1. The van der Waals surface area contributed by atoms with E-state index in [9.17, 15) is 83.4 Å². The van der Waals surface area contributed by atoms with E-state index in [-0.39, 0.29) is 6.42 Å². The molecule has 5 atom stereocenters. The molecule has 0 aliphatic heterocycles.